The lowest BCUT2D eigenvalue weighted by Gasteiger charge is -2.11. The SMILES string of the molecule is CCCCOC(=O)CN1C(=O)S/C(=C/c2ccc(OCC(C)C)c(Br)c2)C1=O. The fourth-order valence-electron chi connectivity index (χ4n) is 2.27. The van der Waals surface area contributed by atoms with Gasteiger partial charge in [0.25, 0.3) is 11.1 Å². The molecule has 1 aromatic rings. The van der Waals surface area contributed by atoms with Gasteiger partial charge < -0.3 is 9.47 Å². The van der Waals surface area contributed by atoms with E-state index >= 15 is 0 Å². The largest absolute Gasteiger partial charge is 0.492 e. The van der Waals surface area contributed by atoms with Gasteiger partial charge in [-0.15, -0.1) is 0 Å². The van der Waals surface area contributed by atoms with E-state index in [4.69, 9.17) is 9.47 Å². The maximum atomic E-state index is 12.5. The summed E-state index contributed by atoms with van der Waals surface area (Å²) in [5, 5.41) is -0.473. The molecule has 0 aliphatic carbocycles. The van der Waals surface area contributed by atoms with Crippen molar-refractivity contribution in [1.82, 2.24) is 4.90 Å². The van der Waals surface area contributed by atoms with Gasteiger partial charge in [0.05, 0.1) is 22.6 Å². The zero-order valence-corrected chi connectivity index (χ0v) is 18.6. The Morgan fingerprint density at radius 1 is 1.32 bits per heavy atom. The van der Waals surface area contributed by atoms with Gasteiger partial charge in [-0.05, 0) is 63.8 Å². The predicted molar refractivity (Wildman–Crippen MR) is 113 cm³/mol. The quantitative estimate of drug-likeness (QED) is 0.292. The Morgan fingerprint density at radius 2 is 2.07 bits per heavy atom. The zero-order valence-electron chi connectivity index (χ0n) is 16.2. The zero-order chi connectivity index (χ0) is 20.7. The molecule has 1 aliphatic rings. The number of benzene rings is 1. The Kier molecular flexibility index (Phi) is 8.57. The van der Waals surface area contributed by atoms with Crippen molar-refractivity contribution in [3.8, 4) is 5.75 Å². The smallest absolute Gasteiger partial charge is 0.326 e. The molecular formula is C20H24BrNO5S. The van der Waals surface area contributed by atoms with Crippen LogP contribution in [-0.2, 0) is 14.3 Å². The van der Waals surface area contributed by atoms with Crippen molar-refractivity contribution in [2.45, 2.75) is 33.6 Å². The molecule has 0 saturated carbocycles. The molecule has 1 fully saturated rings. The van der Waals surface area contributed by atoms with Gasteiger partial charge in [0.1, 0.15) is 12.3 Å². The number of hydrogen-bond donors (Lipinski definition) is 0. The second kappa shape index (κ2) is 10.7. The lowest BCUT2D eigenvalue weighted by Crippen LogP contribution is -2.34. The number of imide groups is 1. The first-order chi connectivity index (χ1) is 13.3. The molecule has 0 spiro atoms. The van der Waals surface area contributed by atoms with Crippen molar-refractivity contribution >= 4 is 50.9 Å². The van der Waals surface area contributed by atoms with E-state index < -0.39 is 17.1 Å². The predicted octanol–water partition coefficient (Wildman–Crippen LogP) is 4.86. The van der Waals surface area contributed by atoms with Crippen LogP contribution >= 0.6 is 27.7 Å². The average molecular weight is 470 g/mol. The Morgan fingerprint density at radius 3 is 2.71 bits per heavy atom. The van der Waals surface area contributed by atoms with Crippen molar-refractivity contribution in [1.29, 1.82) is 0 Å². The molecule has 152 valence electrons. The highest BCUT2D eigenvalue weighted by atomic mass is 79.9. The maximum absolute atomic E-state index is 12.5. The Labute approximate surface area is 177 Å². The van der Waals surface area contributed by atoms with Crippen LogP contribution in [0.25, 0.3) is 6.08 Å². The molecule has 1 heterocycles. The molecule has 0 N–H and O–H groups in total. The van der Waals surface area contributed by atoms with Crippen molar-refractivity contribution < 1.29 is 23.9 Å². The third-order valence-corrected chi connectivity index (χ3v) is 5.27. The van der Waals surface area contributed by atoms with E-state index in [1.165, 1.54) is 0 Å². The molecule has 0 radical (unpaired) electrons. The number of halogens is 1. The third kappa shape index (κ3) is 6.38. The lowest BCUT2D eigenvalue weighted by molar-refractivity contribution is -0.146. The average Bonchev–Trinajstić information content (AvgIpc) is 2.88. The topological polar surface area (TPSA) is 72.9 Å². The molecule has 1 saturated heterocycles. The van der Waals surface area contributed by atoms with Crippen molar-refractivity contribution in [3.63, 3.8) is 0 Å². The molecule has 0 unspecified atom stereocenters. The number of thioether (sulfide) groups is 1. The highest BCUT2D eigenvalue weighted by molar-refractivity contribution is 9.10. The molecule has 8 heteroatoms. The summed E-state index contributed by atoms with van der Waals surface area (Å²) in [5.41, 5.74) is 0.750. The molecule has 1 aromatic carbocycles. The van der Waals surface area contributed by atoms with Crippen LogP contribution in [0.5, 0.6) is 5.75 Å². The molecule has 2 rings (SSSR count). The minimum atomic E-state index is -0.577. The highest BCUT2D eigenvalue weighted by Gasteiger charge is 2.36. The summed E-state index contributed by atoms with van der Waals surface area (Å²) in [6.07, 6.45) is 3.28. The summed E-state index contributed by atoms with van der Waals surface area (Å²) in [6.45, 7) is 6.65. The van der Waals surface area contributed by atoms with Crippen LogP contribution in [0.2, 0.25) is 0 Å². The number of carbonyl (C=O) groups is 3. The second-order valence-corrected chi connectivity index (χ2v) is 8.58. The number of esters is 1. The lowest BCUT2D eigenvalue weighted by atomic mass is 10.2. The molecular weight excluding hydrogens is 446 g/mol. The number of amides is 2. The number of rotatable bonds is 9. The number of ether oxygens (including phenoxy) is 2. The minimum Gasteiger partial charge on any atom is -0.492 e. The van der Waals surface area contributed by atoms with E-state index in [1.807, 2.05) is 25.1 Å². The molecule has 2 amide bonds. The Bertz CT molecular complexity index is 778. The summed E-state index contributed by atoms with van der Waals surface area (Å²) in [5.74, 6) is 0.0609. The van der Waals surface area contributed by atoms with Crippen LogP contribution in [0.1, 0.15) is 39.2 Å². The van der Waals surface area contributed by atoms with E-state index in [9.17, 15) is 14.4 Å². The van der Waals surface area contributed by atoms with Crippen LogP contribution in [-0.4, -0.2) is 41.8 Å². The fraction of sp³-hybridized carbons (Fsp3) is 0.450. The minimum absolute atomic E-state index is 0.272. The summed E-state index contributed by atoms with van der Waals surface area (Å²) < 4.78 is 11.5. The number of carbonyl (C=O) groups excluding carboxylic acids is 3. The van der Waals surface area contributed by atoms with Crippen LogP contribution in [0.3, 0.4) is 0 Å². The first kappa shape index (κ1) is 22.5. The van der Waals surface area contributed by atoms with E-state index in [0.29, 0.717) is 24.9 Å². The normalized spacial score (nSPS) is 15.6. The summed E-state index contributed by atoms with van der Waals surface area (Å²) in [6, 6.07) is 5.45. The highest BCUT2D eigenvalue weighted by Crippen LogP contribution is 2.34. The monoisotopic (exact) mass is 469 g/mol. The standard InChI is InChI=1S/C20H24BrNO5S/c1-4-5-8-26-18(23)11-22-19(24)17(28-20(22)25)10-14-6-7-16(15(21)9-14)27-12-13(2)3/h6-7,9-10,13H,4-5,8,11-12H2,1-3H3/b17-10+. The molecule has 0 bridgehead atoms. The molecule has 0 aromatic heterocycles. The van der Waals surface area contributed by atoms with Gasteiger partial charge in [-0.3, -0.25) is 19.3 Å². The van der Waals surface area contributed by atoms with Gasteiger partial charge in [-0.1, -0.05) is 33.3 Å². The van der Waals surface area contributed by atoms with E-state index in [-0.39, 0.29) is 11.4 Å². The maximum Gasteiger partial charge on any atom is 0.326 e. The molecule has 28 heavy (non-hydrogen) atoms. The van der Waals surface area contributed by atoms with Crippen LogP contribution in [0, 0.1) is 5.92 Å². The summed E-state index contributed by atoms with van der Waals surface area (Å²) >= 11 is 4.28. The number of unbranched alkanes of at least 4 members (excludes halogenated alkanes) is 1. The van der Waals surface area contributed by atoms with E-state index in [0.717, 1.165) is 39.5 Å². The van der Waals surface area contributed by atoms with Crippen LogP contribution < -0.4 is 4.74 Å². The summed E-state index contributed by atoms with van der Waals surface area (Å²) in [7, 11) is 0. The van der Waals surface area contributed by atoms with Crippen molar-refractivity contribution in [2.24, 2.45) is 5.92 Å². The first-order valence-electron chi connectivity index (χ1n) is 9.15. The van der Waals surface area contributed by atoms with E-state index in [2.05, 4.69) is 29.8 Å². The second-order valence-electron chi connectivity index (χ2n) is 6.74. The fourth-order valence-corrected chi connectivity index (χ4v) is 3.62. The number of hydrogen-bond acceptors (Lipinski definition) is 6. The van der Waals surface area contributed by atoms with Gasteiger partial charge in [0, 0.05) is 0 Å². The van der Waals surface area contributed by atoms with Gasteiger partial charge in [-0.2, -0.15) is 0 Å². The molecule has 1 aliphatic heterocycles. The third-order valence-electron chi connectivity index (χ3n) is 3.75. The van der Waals surface area contributed by atoms with Gasteiger partial charge in [0.2, 0.25) is 0 Å². The van der Waals surface area contributed by atoms with Gasteiger partial charge in [-0.25, -0.2) is 0 Å². The number of nitrogens with zero attached hydrogens (tertiary/aromatic N) is 1. The van der Waals surface area contributed by atoms with Crippen LogP contribution in [0.15, 0.2) is 27.6 Å². The molecule has 0 atom stereocenters. The Hall–Kier alpha value is -1.80. The van der Waals surface area contributed by atoms with Crippen LogP contribution in [0.4, 0.5) is 4.79 Å². The first-order valence-corrected chi connectivity index (χ1v) is 10.8. The van der Waals surface area contributed by atoms with E-state index in [1.54, 1.807) is 6.08 Å². The van der Waals surface area contributed by atoms with Gasteiger partial charge in [0.15, 0.2) is 0 Å². The molecule has 6 nitrogen and oxygen atoms in total. The Balaban J connectivity index is 2.04. The summed E-state index contributed by atoms with van der Waals surface area (Å²) in [4.78, 5) is 37.6. The van der Waals surface area contributed by atoms with Gasteiger partial charge >= 0.3 is 5.97 Å². The van der Waals surface area contributed by atoms with Crippen molar-refractivity contribution in [3.05, 3.63) is 33.1 Å². The van der Waals surface area contributed by atoms with Crippen molar-refractivity contribution in [2.75, 3.05) is 19.8 Å².